The van der Waals surface area contributed by atoms with Gasteiger partial charge in [0.1, 0.15) is 5.25 Å². The molecule has 0 bridgehead atoms. The maximum atomic E-state index is 10.9. The van der Waals surface area contributed by atoms with Crippen LogP contribution in [0.2, 0.25) is 0 Å². The standard InChI is InChI=1S/C13H19NO2S/c1-3-12(13(15)16)17-11-7-5-10(6-8-11)9-14-4-2/h5-8,12,14H,3-4,9H2,1-2H3,(H,15,16). The van der Waals surface area contributed by atoms with Gasteiger partial charge in [-0.2, -0.15) is 0 Å². The fraction of sp³-hybridized carbons (Fsp3) is 0.462. The molecule has 0 saturated heterocycles. The van der Waals surface area contributed by atoms with Crippen molar-refractivity contribution in [3.63, 3.8) is 0 Å². The predicted molar refractivity (Wildman–Crippen MR) is 71.4 cm³/mol. The first-order valence-electron chi connectivity index (χ1n) is 5.86. The molecule has 0 aromatic heterocycles. The van der Waals surface area contributed by atoms with E-state index >= 15 is 0 Å². The molecule has 0 fully saturated rings. The summed E-state index contributed by atoms with van der Waals surface area (Å²) in [6, 6.07) is 8.06. The number of hydrogen-bond donors (Lipinski definition) is 2. The molecule has 1 unspecified atom stereocenters. The van der Waals surface area contributed by atoms with E-state index in [0.717, 1.165) is 18.0 Å². The first kappa shape index (κ1) is 14.1. The molecule has 0 saturated carbocycles. The molecule has 0 aliphatic rings. The maximum Gasteiger partial charge on any atom is 0.316 e. The summed E-state index contributed by atoms with van der Waals surface area (Å²) in [6.45, 7) is 5.78. The number of hydrogen-bond acceptors (Lipinski definition) is 3. The number of benzene rings is 1. The van der Waals surface area contributed by atoms with Crippen LogP contribution >= 0.6 is 11.8 Å². The molecule has 2 N–H and O–H groups in total. The molecule has 94 valence electrons. The molecule has 1 aromatic carbocycles. The normalized spacial score (nSPS) is 12.4. The molecule has 0 aliphatic heterocycles. The lowest BCUT2D eigenvalue weighted by molar-refractivity contribution is -0.136. The number of nitrogens with one attached hydrogen (secondary N) is 1. The van der Waals surface area contributed by atoms with Gasteiger partial charge in [0.25, 0.3) is 0 Å². The summed E-state index contributed by atoms with van der Waals surface area (Å²) in [5.74, 6) is -0.741. The van der Waals surface area contributed by atoms with Crippen molar-refractivity contribution in [3.8, 4) is 0 Å². The van der Waals surface area contributed by atoms with Gasteiger partial charge in [-0.15, -0.1) is 11.8 Å². The Hall–Kier alpha value is -1.00. The van der Waals surface area contributed by atoms with E-state index in [4.69, 9.17) is 5.11 Å². The van der Waals surface area contributed by atoms with Gasteiger partial charge in [-0.05, 0) is 30.7 Å². The summed E-state index contributed by atoms with van der Waals surface area (Å²) in [5.41, 5.74) is 1.22. The Bertz CT molecular complexity index is 351. The topological polar surface area (TPSA) is 49.3 Å². The second-order valence-corrected chi connectivity index (χ2v) is 5.05. The van der Waals surface area contributed by atoms with Crippen LogP contribution in [-0.4, -0.2) is 22.9 Å². The molecular weight excluding hydrogens is 234 g/mol. The second-order valence-electron chi connectivity index (χ2n) is 3.78. The van der Waals surface area contributed by atoms with Gasteiger partial charge in [-0.1, -0.05) is 26.0 Å². The van der Waals surface area contributed by atoms with Crippen molar-refractivity contribution < 1.29 is 9.90 Å². The first-order valence-corrected chi connectivity index (χ1v) is 6.74. The van der Waals surface area contributed by atoms with Gasteiger partial charge in [-0.3, -0.25) is 4.79 Å². The summed E-state index contributed by atoms with van der Waals surface area (Å²) in [7, 11) is 0. The summed E-state index contributed by atoms with van der Waals surface area (Å²) < 4.78 is 0. The lowest BCUT2D eigenvalue weighted by atomic mass is 10.2. The van der Waals surface area contributed by atoms with Crippen molar-refractivity contribution in [1.29, 1.82) is 0 Å². The fourth-order valence-corrected chi connectivity index (χ4v) is 2.32. The Labute approximate surface area is 107 Å². The Morgan fingerprint density at radius 1 is 1.35 bits per heavy atom. The lowest BCUT2D eigenvalue weighted by Gasteiger charge is -2.09. The van der Waals surface area contributed by atoms with E-state index in [9.17, 15) is 4.79 Å². The molecular formula is C13H19NO2S. The highest BCUT2D eigenvalue weighted by Crippen LogP contribution is 2.25. The SMILES string of the molecule is CCNCc1ccc(SC(CC)C(=O)O)cc1. The van der Waals surface area contributed by atoms with E-state index < -0.39 is 5.97 Å². The highest BCUT2D eigenvalue weighted by molar-refractivity contribution is 8.00. The molecule has 0 radical (unpaired) electrons. The number of thioether (sulfide) groups is 1. The van der Waals surface area contributed by atoms with Crippen LogP contribution in [-0.2, 0) is 11.3 Å². The monoisotopic (exact) mass is 253 g/mol. The van der Waals surface area contributed by atoms with Gasteiger partial charge in [0.15, 0.2) is 0 Å². The number of carboxylic acids is 1. The highest BCUT2D eigenvalue weighted by atomic mass is 32.2. The van der Waals surface area contributed by atoms with Gasteiger partial charge >= 0.3 is 5.97 Å². The first-order chi connectivity index (χ1) is 8.17. The van der Waals surface area contributed by atoms with E-state index in [0.29, 0.717) is 6.42 Å². The largest absolute Gasteiger partial charge is 0.480 e. The van der Waals surface area contributed by atoms with E-state index in [2.05, 4.69) is 12.2 Å². The zero-order valence-electron chi connectivity index (χ0n) is 10.3. The molecule has 1 rings (SSSR count). The second kappa shape index (κ2) is 7.35. The predicted octanol–water partition coefficient (Wildman–Crippen LogP) is 2.75. The van der Waals surface area contributed by atoms with Crippen LogP contribution in [0.15, 0.2) is 29.2 Å². The van der Waals surface area contributed by atoms with E-state index in [1.165, 1.54) is 17.3 Å². The van der Waals surface area contributed by atoms with Crippen molar-refractivity contribution in [2.75, 3.05) is 6.54 Å². The van der Waals surface area contributed by atoms with Gasteiger partial charge in [0, 0.05) is 11.4 Å². The zero-order chi connectivity index (χ0) is 12.7. The molecule has 0 spiro atoms. The number of aliphatic carboxylic acids is 1. The molecule has 4 heteroatoms. The number of rotatable bonds is 7. The Kier molecular flexibility index (Phi) is 6.08. The Balaban J connectivity index is 2.58. The molecule has 0 amide bonds. The zero-order valence-corrected chi connectivity index (χ0v) is 11.1. The fourth-order valence-electron chi connectivity index (χ4n) is 1.43. The lowest BCUT2D eigenvalue weighted by Crippen LogP contribution is -2.14. The van der Waals surface area contributed by atoms with Crippen LogP contribution in [0.1, 0.15) is 25.8 Å². The van der Waals surface area contributed by atoms with Crippen molar-refractivity contribution in [3.05, 3.63) is 29.8 Å². The summed E-state index contributed by atoms with van der Waals surface area (Å²) in [6.07, 6.45) is 0.638. The van der Waals surface area contributed by atoms with Crippen LogP contribution in [0, 0.1) is 0 Å². The van der Waals surface area contributed by atoms with Crippen LogP contribution in [0.25, 0.3) is 0 Å². The summed E-state index contributed by atoms with van der Waals surface area (Å²) in [5, 5.41) is 11.9. The average molecular weight is 253 g/mol. The van der Waals surface area contributed by atoms with Gasteiger partial charge < -0.3 is 10.4 Å². The molecule has 1 aromatic rings. The Morgan fingerprint density at radius 2 is 2.00 bits per heavy atom. The van der Waals surface area contributed by atoms with E-state index in [1.807, 2.05) is 31.2 Å². The third-order valence-electron chi connectivity index (χ3n) is 2.43. The average Bonchev–Trinajstić information content (AvgIpc) is 2.34. The highest BCUT2D eigenvalue weighted by Gasteiger charge is 2.15. The van der Waals surface area contributed by atoms with E-state index in [1.54, 1.807) is 0 Å². The number of carboxylic acid groups (broad SMARTS) is 1. The third-order valence-corrected chi connectivity index (χ3v) is 3.79. The molecule has 0 heterocycles. The van der Waals surface area contributed by atoms with Gasteiger partial charge in [0.05, 0.1) is 0 Å². The summed E-state index contributed by atoms with van der Waals surface area (Å²) in [4.78, 5) is 11.9. The van der Waals surface area contributed by atoms with Crippen LogP contribution in [0.5, 0.6) is 0 Å². The minimum Gasteiger partial charge on any atom is -0.480 e. The third kappa shape index (κ3) is 4.79. The molecule has 17 heavy (non-hydrogen) atoms. The molecule has 1 atom stereocenters. The number of carbonyl (C=O) groups is 1. The van der Waals surface area contributed by atoms with E-state index in [-0.39, 0.29) is 5.25 Å². The smallest absolute Gasteiger partial charge is 0.316 e. The summed E-state index contributed by atoms with van der Waals surface area (Å²) >= 11 is 1.41. The molecule has 0 aliphatic carbocycles. The van der Waals surface area contributed by atoms with Gasteiger partial charge in [0.2, 0.25) is 0 Å². The molecule has 3 nitrogen and oxygen atoms in total. The minimum absolute atomic E-state index is 0.352. The maximum absolute atomic E-state index is 10.9. The quantitative estimate of drug-likeness (QED) is 0.734. The minimum atomic E-state index is -0.741. The van der Waals surface area contributed by atoms with Gasteiger partial charge in [-0.25, -0.2) is 0 Å². The van der Waals surface area contributed by atoms with Crippen LogP contribution < -0.4 is 5.32 Å². The van der Waals surface area contributed by atoms with Crippen molar-refractivity contribution in [2.45, 2.75) is 37.0 Å². The van der Waals surface area contributed by atoms with Crippen molar-refractivity contribution in [1.82, 2.24) is 5.32 Å². The Morgan fingerprint density at radius 3 is 2.47 bits per heavy atom. The van der Waals surface area contributed by atoms with Crippen molar-refractivity contribution in [2.24, 2.45) is 0 Å². The van der Waals surface area contributed by atoms with Crippen LogP contribution in [0.4, 0.5) is 0 Å². The van der Waals surface area contributed by atoms with Crippen LogP contribution in [0.3, 0.4) is 0 Å². The van der Waals surface area contributed by atoms with Crippen molar-refractivity contribution >= 4 is 17.7 Å².